The Kier molecular flexibility index (Phi) is 5.21. The van der Waals surface area contributed by atoms with E-state index in [1.54, 1.807) is 23.1 Å². The minimum absolute atomic E-state index is 0.0562. The molecule has 0 unspecified atom stereocenters. The number of amides is 1. The molecule has 1 aliphatic rings. The largest absolute Gasteiger partial charge is 0.336 e. The zero-order valence-electron chi connectivity index (χ0n) is 13.2. The molecule has 1 heterocycles. The Morgan fingerprint density at radius 3 is 2.24 bits per heavy atom. The van der Waals surface area contributed by atoms with Gasteiger partial charge in [0.05, 0.1) is 4.90 Å². The van der Waals surface area contributed by atoms with Crippen molar-refractivity contribution < 1.29 is 17.6 Å². The molecular weight excluding hydrogens is 411 g/mol. The van der Waals surface area contributed by atoms with Gasteiger partial charge in [0.25, 0.3) is 5.91 Å². The van der Waals surface area contributed by atoms with E-state index in [0.717, 1.165) is 16.6 Å². The van der Waals surface area contributed by atoms with Gasteiger partial charge in [-0.3, -0.25) is 4.79 Å². The summed E-state index contributed by atoms with van der Waals surface area (Å²) >= 11 is 3.34. The van der Waals surface area contributed by atoms with Crippen LogP contribution < -0.4 is 0 Å². The first-order chi connectivity index (χ1) is 11.9. The van der Waals surface area contributed by atoms with Gasteiger partial charge in [-0.1, -0.05) is 22.0 Å². The quantitative estimate of drug-likeness (QED) is 0.757. The van der Waals surface area contributed by atoms with E-state index in [9.17, 15) is 17.6 Å². The molecule has 132 valence electrons. The molecule has 5 nitrogen and oxygen atoms in total. The van der Waals surface area contributed by atoms with Gasteiger partial charge in [0.1, 0.15) is 5.82 Å². The molecule has 2 aromatic rings. The lowest BCUT2D eigenvalue weighted by atomic mass is 10.2. The summed E-state index contributed by atoms with van der Waals surface area (Å²) in [5.74, 6) is -0.608. The fraction of sp³-hybridized carbons (Fsp3) is 0.235. The molecule has 0 radical (unpaired) electrons. The summed E-state index contributed by atoms with van der Waals surface area (Å²) in [6.07, 6.45) is 0. The molecule has 1 saturated heterocycles. The van der Waals surface area contributed by atoms with E-state index in [2.05, 4.69) is 15.9 Å². The van der Waals surface area contributed by atoms with Crippen molar-refractivity contribution in [2.45, 2.75) is 4.90 Å². The summed E-state index contributed by atoms with van der Waals surface area (Å²) in [4.78, 5) is 14.2. The average molecular weight is 427 g/mol. The topological polar surface area (TPSA) is 57.7 Å². The van der Waals surface area contributed by atoms with Gasteiger partial charge in [-0.25, -0.2) is 12.8 Å². The van der Waals surface area contributed by atoms with Gasteiger partial charge in [-0.05, 0) is 42.5 Å². The summed E-state index contributed by atoms with van der Waals surface area (Å²) in [6, 6.07) is 11.8. The second kappa shape index (κ2) is 7.23. The van der Waals surface area contributed by atoms with Crippen LogP contribution in [0.25, 0.3) is 0 Å². The minimum atomic E-state index is -3.68. The van der Waals surface area contributed by atoms with Gasteiger partial charge in [-0.2, -0.15) is 4.31 Å². The van der Waals surface area contributed by atoms with E-state index in [1.807, 2.05) is 6.07 Å². The average Bonchev–Trinajstić information content (AvgIpc) is 2.61. The lowest BCUT2D eigenvalue weighted by Gasteiger charge is -2.34. The SMILES string of the molecule is O=C(c1cccc(Br)c1)N1CCN(S(=O)(=O)c2ccc(F)cc2)CC1. The molecule has 2 aromatic carbocycles. The van der Waals surface area contributed by atoms with Gasteiger partial charge in [-0.15, -0.1) is 0 Å². The number of piperazine rings is 1. The lowest BCUT2D eigenvalue weighted by molar-refractivity contribution is 0.0698. The maximum Gasteiger partial charge on any atom is 0.253 e. The normalized spacial score (nSPS) is 16.0. The monoisotopic (exact) mass is 426 g/mol. The number of hydrogen-bond acceptors (Lipinski definition) is 3. The van der Waals surface area contributed by atoms with Crippen LogP contribution in [0.5, 0.6) is 0 Å². The Balaban J connectivity index is 1.69. The highest BCUT2D eigenvalue weighted by Gasteiger charge is 2.30. The minimum Gasteiger partial charge on any atom is -0.336 e. The van der Waals surface area contributed by atoms with E-state index in [1.165, 1.54) is 16.4 Å². The van der Waals surface area contributed by atoms with Crippen LogP contribution in [0.3, 0.4) is 0 Å². The summed E-state index contributed by atoms with van der Waals surface area (Å²) in [5, 5.41) is 0. The van der Waals surface area contributed by atoms with Crippen molar-refractivity contribution in [1.29, 1.82) is 0 Å². The molecule has 3 rings (SSSR count). The molecule has 0 aliphatic carbocycles. The van der Waals surface area contributed by atoms with Crippen LogP contribution in [0.15, 0.2) is 57.9 Å². The highest BCUT2D eigenvalue weighted by molar-refractivity contribution is 9.10. The molecule has 1 aliphatic heterocycles. The Labute approximate surface area is 154 Å². The van der Waals surface area contributed by atoms with Crippen LogP contribution in [-0.4, -0.2) is 49.7 Å². The second-order valence-electron chi connectivity index (χ2n) is 5.66. The molecule has 25 heavy (non-hydrogen) atoms. The van der Waals surface area contributed by atoms with E-state index in [-0.39, 0.29) is 23.9 Å². The van der Waals surface area contributed by atoms with Crippen LogP contribution >= 0.6 is 15.9 Å². The highest BCUT2D eigenvalue weighted by Crippen LogP contribution is 2.19. The number of rotatable bonds is 3. The Hall–Kier alpha value is -1.77. The van der Waals surface area contributed by atoms with Crippen molar-refractivity contribution in [1.82, 2.24) is 9.21 Å². The Bertz CT molecular complexity index is 879. The van der Waals surface area contributed by atoms with Gasteiger partial charge < -0.3 is 4.90 Å². The molecule has 8 heteroatoms. The number of halogens is 2. The number of benzene rings is 2. The van der Waals surface area contributed by atoms with Crippen LogP contribution in [0.1, 0.15) is 10.4 Å². The molecule has 0 saturated carbocycles. The first kappa shape index (κ1) is 18.0. The predicted molar refractivity (Wildman–Crippen MR) is 95.2 cm³/mol. The van der Waals surface area contributed by atoms with Crippen LogP contribution in [-0.2, 0) is 10.0 Å². The summed E-state index contributed by atoms with van der Waals surface area (Å²) in [7, 11) is -3.68. The Morgan fingerprint density at radius 2 is 1.64 bits per heavy atom. The number of nitrogens with zero attached hydrogens (tertiary/aromatic N) is 2. The fourth-order valence-electron chi connectivity index (χ4n) is 2.69. The van der Waals surface area contributed by atoms with Gasteiger partial charge in [0, 0.05) is 36.2 Å². The van der Waals surface area contributed by atoms with Crippen LogP contribution in [0.2, 0.25) is 0 Å². The van der Waals surface area contributed by atoms with Crippen LogP contribution in [0, 0.1) is 5.82 Å². The summed E-state index contributed by atoms with van der Waals surface area (Å²) < 4.78 is 40.3. The zero-order chi connectivity index (χ0) is 18.0. The van der Waals surface area contributed by atoms with E-state index in [4.69, 9.17) is 0 Å². The Morgan fingerprint density at radius 1 is 1.00 bits per heavy atom. The smallest absolute Gasteiger partial charge is 0.253 e. The van der Waals surface area contributed by atoms with E-state index < -0.39 is 15.8 Å². The first-order valence-corrected chi connectivity index (χ1v) is 9.92. The van der Waals surface area contributed by atoms with Crippen molar-refractivity contribution in [3.63, 3.8) is 0 Å². The number of carbonyl (C=O) groups is 1. The van der Waals surface area contributed by atoms with Crippen molar-refractivity contribution >= 4 is 31.9 Å². The number of sulfonamides is 1. The number of hydrogen-bond donors (Lipinski definition) is 0. The zero-order valence-corrected chi connectivity index (χ0v) is 15.6. The standard InChI is InChI=1S/C17H16BrFN2O3S/c18-14-3-1-2-13(12-14)17(22)20-8-10-21(11-9-20)25(23,24)16-6-4-15(19)5-7-16/h1-7,12H,8-11H2. The highest BCUT2D eigenvalue weighted by atomic mass is 79.9. The van der Waals surface area contributed by atoms with Gasteiger partial charge in [0.15, 0.2) is 0 Å². The number of carbonyl (C=O) groups excluding carboxylic acids is 1. The summed E-state index contributed by atoms with van der Waals surface area (Å²) in [5.41, 5.74) is 0.559. The lowest BCUT2D eigenvalue weighted by Crippen LogP contribution is -2.50. The molecule has 1 amide bonds. The maximum atomic E-state index is 13.0. The molecule has 0 bridgehead atoms. The second-order valence-corrected chi connectivity index (χ2v) is 8.51. The molecule has 0 spiro atoms. The molecule has 0 N–H and O–H groups in total. The molecule has 0 atom stereocenters. The molecule has 0 aromatic heterocycles. The fourth-order valence-corrected chi connectivity index (χ4v) is 4.51. The van der Waals surface area contributed by atoms with Crippen molar-refractivity contribution in [2.24, 2.45) is 0 Å². The summed E-state index contributed by atoms with van der Waals surface area (Å²) in [6.45, 7) is 1.04. The van der Waals surface area contributed by atoms with Crippen molar-refractivity contribution in [2.75, 3.05) is 26.2 Å². The predicted octanol–water partition coefficient (Wildman–Crippen LogP) is 2.73. The van der Waals surface area contributed by atoms with Gasteiger partial charge >= 0.3 is 0 Å². The van der Waals surface area contributed by atoms with Crippen molar-refractivity contribution in [3.05, 3.63) is 64.4 Å². The van der Waals surface area contributed by atoms with E-state index >= 15 is 0 Å². The third kappa shape index (κ3) is 3.91. The molecule has 1 fully saturated rings. The third-order valence-electron chi connectivity index (χ3n) is 4.05. The van der Waals surface area contributed by atoms with E-state index in [0.29, 0.717) is 18.7 Å². The maximum absolute atomic E-state index is 13.0. The first-order valence-electron chi connectivity index (χ1n) is 7.68. The van der Waals surface area contributed by atoms with Crippen LogP contribution in [0.4, 0.5) is 4.39 Å². The van der Waals surface area contributed by atoms with Crippen molar-refractivity contribution in [3.8, 4) is 0 Å². The molecular formula is C17H16BrFN2O3S. The third-order valence-corrected chi connectivity index (χ3v) is 6.45. The van der Waals surface area contributed by atoms with Gasteiger partial charge in [0.2, 0.25) is 10.0 Å².